The first-order chi connectivity index (χ1) is 10.0. The van der Waals surface area contributed by atoms with E-state index in [0.717, 1.165) is 10.2 Å². The first-order valence-corrected chi connectivity index (χ1v) is 7.04. The molecule has 0 spiro atoms. The predicted molar refractivity (Wildman–Crippen MR) is 85.2 cm³/mol. The highest BCUT2D eigenvalue weighted by atomic mass is 79.9. The Kier molecular flexibility index (Phi) is 4.80. The second kappa shape index (κ2) is 6.58. The van der Waals surface area contributed by atoms with Crippen LogP contribution in [-0.2, 0) is 6.54 Å². The third kappa shape index (κ3) is 3.52. The molecule has 2 rings (SSSR count). The van der Waals surface area contributed by atoms with Gasteiger partial charge in [-0.25, -0.2) is 4.39 Å². The summed E-state index contributed by atoms with van der Waals surface area (Å²) in [5.41, 5.74) is 7.59. The zero-order chi connectivity index (χ0) is 15.4. The van der Waals surface area contributed by atoms with E-state index in [-0.39, 0.29) is 11.7 Å². The zero-order valence-electron chi connectivity index (χ0n) is 11.4. The van der Waals surface area contributed by atoms with Gasteiger partial charge in [0, 0.05) is 34.9 Å². The molecule has 0 atom stereocenters. The fourth-order valence-electron chi connectivity index (χ4n) is 2.06. The number of amidine groups is 1. The van der Waals surface area contributed by atoms with Crippen molar-refractivity contribution in [1.82, 2.24) is 0 Å². The molecule has 0 fully saturated rings. The first kappa shape index (κ1) is 15.3. The molecule has 6 heteroatoms. The van der Waals surface area contributed by atoms with E-state index in [0.29, 0.717) is 17.7 Å². The molecule has 0 radical (unpaired) electrons. The lowest BCUT2D eigenvalue weighted by atomic mass is 10.1. The van der Waals surface area contributed by atoms with Gasteiger partial charge in [-0.15, -0.1) is 0 Å². The van der Waals surface area contributed by atoms with Crippen molar-refractivity contribution >= 4 is 27.5 Å². The van der Waals surface area contributed by atoms with Crippen LogP contribution in [-0.4, -0.2) is 18.1 Å². The Labute approximate surface area is 130 Å². The Morgan fingerprint density at radius 3 is 2.71 bits per heavy atom. The number of nitrogens with two attached hydrogens (primary N) is 1. The van der Waals surface area contributed by atoms with Gasteiger partial charge in [-0.3, -0.25) is 0 Å². The van der Waals surface area contributed by atoms with E-state index >= 15 is 0 Å². The van der Waals surface area contributed by atoms with Crippen molar-refractivity contribution in [1.29, 1.82) is 0 Å². The van der Waals surface area contributed by atoms with E-state index in [9.17, 15) is 4.39 Å². The van der Waals surface area contributed by atoms with Crippen molar-refractivity contribution in [2.45, 2.75) is 6.54 Å². The van der Waals surface area contributed by atoms with Gasteiger partial charge in [0.05, 0.1) is 0 Å². The lowest BCUT2D eigenvalue weighted by molar-refractivity contribution is 0.318. The standard InChI is InChI=1S/C15H15BrFN3O/c1-20(9-10-4-2-3-5-13(10)17)14-8-11(16)6-7-12(14)15(18)19-21/h2-8,21H,9H2,1H3,(H2,18,19). The van der Waals surface area contributed by atoms with E-state index in [1.54, 1.807) is 30.3 Å². The number of benzene rings is 2. The maximum absolute atomic E-state index is 13.7. The molecule has 0 aliphatic carbocycles. The lowest BCUT2D eigenvalue weighted by Crippen LogP contribution is -2.23. The molecule has 0 saturated heterocycles. The second-order valence-electron chi connectivity index (χ2n) is 4.59. The number of halogens is 2. The van der Waals surface area contributed by atoms with Crippen molar-refractivity contribution in [2.24, 2.45) is 10.9 Å². The second-order valence-corrected chi connectivity index (χ2v) is 5.51. The quantitative estimate of drug-likeness (QED) is 0.384. The number of hydrogen-bond acceptors (Lipinski definition) is 3. The molecule has 110 valence electrons. The molecular weight excluding hydrogens is 337 g/mol. The monoisotopic (exact) mass is 351 g/mol. The molecule has 0 aliphatic rings. The van der Waals surface area contributed by atoms with Gasteiger partial charge >= 0.3 is 0 Å². The Balaban J connectivity index is 2.37. The van der Waals surface area contributed by atoms with Crippen LogP contribution in [0.1, 0.15) is 11.1 Å². The van der Waals surface area contributed by atoms with Gasteiger partial charge in [0.2, 0.25) is 0 Å². The van der Waals surface area contributed by atoms with Crippen LogP contribution in [0.3, 0.4) is 0 Å². The first-order valence-electron chi connectivity index (χ1n) is 6.25. The lowest BCUT2D eigenvalue weighted by Gasteiger charge is -2.22. The fraction of sp³-hybridized carbons (Fsp3) is 0.133. The molecule has 0 unspecified atom stereocenters. The van der Waals surface area contributed by atoms with Crippen LogP contribution in [0.25, 0.3) is 0 Å². The molecule has 0 heterocycles. The molecule has 3 N–H and O–H groups in total. The molecule has 0 aromatic heterocycles. The molecule has 21 heavy (non-hydrogen) atoms. The summed E-state index contributed by atoms with van der Waals surface area (Å²) in [4.78, 5) is 1.84. The number of nitrogens with zero attached hydrogens (tertiary/aromatic N) is 2. The topological polar surface area (TPSA) is 61.8 Å². The average molecular weight is 352 g/mol. The molecule has 0 amide bonds. The zero-order valence-corrected chi connectivity index (χ0v) is 13.0. The van der Waals surface area contributed by atoms with Gasteiger partial charge in [-0.1, -0.05) is 39.3 Å². The van der Waals surface area contributed by atoms with E-state index < -0.39 is 0 Å². The fourth-order valence-corrected chi connectivity index (χ4v) is 2.41. The maximum atomic E-state index is 13.7. The summed E-state index contributed by atoms with van der Waals surface area (Å²) in [6.45, 7) is 0.370. The Morgan fingerprint density at radius 2 is 2.05 bits per heavy atom. The number of rotatable bonds is 4. The van der Waals surface area contributed by atoms with Crippen LogP contribution >= 0.6 is 15.9 Å². The van der Waals surface area contributed by atoms with Gasteiger partial charge in [0.25, 0.3) is 0 Å². The summed E-state index contributed by atoms with van der Waals surface area (Å²) in [5, 5.41) is 11.9. The van der Waals surface area contributed by atoms with Gasteiger partial charge in [0.15, 0.2) is 5.84 Å². The Hall–Kier alpha value is -2.08. The van der Waals surface area contributed by atoms with Crippen LogP contribution in [0.15, 0.2) is 52.1 Å². The molecule has 0 saturated carbocycles. The summed E-state index contributed by atoms with van der Waals surface area (Å²) in [5.74, 6) is -0.248. The summed E-state index contributed by atoms with van der Waals surface area (Å²) in [6, 6.07) is 12.0. The molecule has 4 nitrogen and oxygen atoms in total. The SMILES string of the molecule is CN(Cc1ccccc1F)c1cc(Br)ccc1/C(N)=N/O. The normalized spacial score (nSPS) is 11.5. The summed E-state index contributed by atoms with van der Waals surface area (Å²) >= 11 is 3.39. The van der Waals surface area contributed by atoms with E-state index in [1.165, 1.54) is 6.07 Å². The molecular formula is C15H15BrFN3O. The van der Waals surface area contributed by atoms with Crippen LogP contribution in [0.5, 0.6) is 0 Å². The van der Waals surface area contributed by atoms with Gasteiger partial charge < -0.3 is 15.8 Å². The van der Waals surface area contributed by atoms with Crippen molar-refractivity contribution in [3.8, 4) is 0 Å². The Bertz CT molecular complexity index is 676. The van der Waals surface area contributed by atoms with Crippen molar-refractivity contribution in [3.63, 3.8) is 0 Å². The highest BCUT2D eigenvalue weighted by molar-refractivity contribution is 9.10. The van der Waals surface area contributed by atoms with Crippen molar-refractivity contribution in [3.05, 3.63) is 63.9 Å². The van der Waals surface area contributed by atoms with Crippen LogP contribution < -0.4 is 10.6 Å². The molecule has 2 aromatic carbocycles. The summed E-state index contributed by atoms with van der Waals surface area (Å²) in [7, 11) is 1.82. The van der Waals surface area contributed by atoms with E-state index in [1.807, 2.05) is 18.0 Å². The highest BCUT2D eigenvalue weighted by Crippen LogP contribution is 2.26. The largest absolute Gasteiger partial charge is 0.409 e. The maximum Gasteiger partial charge on any atom is 0.172 e. The minimum atomic E-state index is -0.260. The minimum Gasteiger partial charge on any atom is -0.409 e. The van der Waals surface area contributed by atoms with Crippen molar-refractivity contribution in [2.75, 3.05) is 11.9 Å². The number of anilines is 1. The third-order valence-electron chi connectivity index (χ3n) is 3.12. The summed E-state index contributed by atoms with van der Waals surface area (Å²) in [6.07, 6.45) is 0. The van der Waals surface area contributed by atoms with E-state index in [4.69, 9.17) is 10.9 Å². The van der Waals surface area contributed by atoms with Crippen LogP contribution in [0.2, 0.25) is 0 Å². The van der Waals surface area contributed by atoms with Crippen LogP contribution in [0, 0.1) is 5.82 Å². The van der Waals surface area contributed by atoms with Gasteiger partial charge in [0.1, 0.15) is 5.82 Å². The van der Waals surface area contributed by atoms with Crippen molar-refractivity contribution < 1.29 is 9.60 Å². The number of oxime groups is 1. The summed E-state index contributed by atoms with van der Waals surface area (Å²) < 4.78 is 14.6. The van der Waals surface area contributed by atoms with Gasteiger partial charge in [-0.05, 0) is 24.3 Å². The Morgan fingerprint density at radius 1 is 1.33 bits per heavy atom. The smallest absolute Gasteiger partial charge is 0.172 e. The predicted octanol–water partition coefficient (Wildman–Crippen LogP) is 3.32. The van der Waals surface area contributed by atoms with Gasteiger partial charge in [-0.2, -0.15) is 0 Å². The molecule has 0 aliphatic heterocycles. The average Bonchev–Trinajstić information content (AvgIpc) is 2.48. The number of hydrogen-bond donors (Lipinski definition) is 2. The highest BCUT2D eigenvalue weighted by Gasteiger charge is 2.13. The van der Waals surface area contributed by atoms with Crippen LogP contribution in [0.4, 0.5) is 10.1 Å². The van der Waals surface area contributed by atoms with E-state index in [2.05, 4.69) is 21.1 Å². The molecule has 0 bridgehead atoms. The molecule has 2 aromatic rings. The minimum absolute atomic E-state index is 0.0119. The third-order valence-corrected chi connectivity index (χ3v) is 3.61.